The molecule has 248 valence electrons. The molecule has 3 unspecified atom stereocenters. The number of hydrogen-bond donors (Lipinski definition) is 1. The molecule has 2 N–H and O–H groups in total. The van der Waals surface area contributed by atoms with Gasteiger partial charge in [-0.1, -0.05) is 121 Å². The Bertz CT molecular complexity index is 1890. The zero-order valence-corrected chi connectivity index (χ0v) is 28.1. The van der Waals surface area contributed by atoms with Crippen molar-refractivity contribution >= 4 is 29.5 Å². The van der Waals surface area contributed by atoms with Crippen LogP contribution in [0.4, 0.5) is 5.69 Å². The van der Waals surface area contributed by atoms with E-state index in [2.05, 4.69) is 65.6 Å². The van der Waals surface area contributed by atoms with Crippen LogP contribution in [0.15, 0.2) is 127 Å². The van der Waals surface area contributed by atoms with Gasteiger partial charge in [0.2, 0.25) is 0 Å². The number of hydrogen-bond acceptors (Lipinski definition) is 5. The molecule has 1 fully saturated rings. The van der Waals surface area contributed by atoms with E-state index >= 15 is 0 Å². The SMILES string of the molecule is NCc1cccc(C2OC(C(C=O)N3CCC(c4ccccc4)CC3)C(=O)N(Cc3ccc(-c4ccccc4)cc3)c3ccc(Cl)cc32)c1. The molecular weight excluding hydrogens is 630 g/mol. The highest BCUT2D eigenvalue weighted by atomic mass is 35.5. The number of amides is 1. The molecule has 0 radical (unpaired) electrons. The van der Waals surface area contributed by atoms with Gasteiger partial charge >= 0.3 is 0 Å². The van der Waals surface area contributed by atoms with Gasteiger partial charge in [-0.15, -0.1) is 0 Å². The second-order valence-corrected chi connectivity index (χ2v) is 13.4. The molecule has 2 aliphatic rings. The monoisotopic (exact) mass is 669 g/mol. The van der Waals surface area contributed by atoms with Gasteiger partial charge in [0, 0.05) is 17.1 Å². The third kappa shape index (κ3) is 7.10. The number of carbonyl (C=O) groups excluding carboxylic acids is 2. The minimum absolute atomic E-state index is 0.254. The van der Waals surface area contributed by atoms with Gasteiger partial charge in [-0.3, -0.25) is 9.69 Å². The fraction of sp³-hybridized carbons (Fsp3) is 0.238. The zero-order valence-electron chi connectivity index (χ0n) is 27.3. The van der Waals surface area contributed by atoms with Crippen LogP contribution in [-0.2, 0) is 27.4 Å². The average Bonchev–Trinajstić information content (AvgIpc) is 3.27. The fourth-order valence-electron chi connectivity index (χ4n) is 7.28. The zero-order chi connectivity index (χ0) is 33.7. The molecule has 7 heteroatoms. The largest absolute Gasteiger partial charge is 0.353 e. The Labute approximate surface area is 293 Å². The summed E-state index contributed by atoms with van der Waals surface area (Å²) in [4.78, 5) is 31.9. The minimum atomic E-state index is -1.05. The number of ether oxygens (including phenoxy) is 1. The van der Waals surface area contributed by atoms with Gasteiger partial charge in [-0.2, -0.15) is 0 Å². The Morgan fingerprint density at radius 1 is 0.776 bits per heavy atom. The predicted molar refractivity (Wildman–Crippen MR) is 195 cm³/mol. The van der Waals surface area contributed by atoms with Crippen molar-refractivity contribution in [1.82, 2.24) is 4.90 Å². The Morgan fingerprint density at radius 3 is 2.14 bits per heavy atom. The van der Waals surface area contributed by atoms with E-state index in [-0.39, 0.29) is 5.91 Å². The molecule has 5 aromatic carbocycles. The second kappa shape index (κ2) is 14.9. The molecule has 1 saturated heterocycles. The van der Waals surface area contributed by atoms with Crippen LogP contribution < -0.4 is 10.6 Å². The van der Waals surface area contributed by atoms with Crippen molar-refractivity contribution in [3.8, 4) is 11.1 Å². The highest BCUT2D eigenvalue weighted by Crippen LogP contribution is 2.42. The highest BCUT2D eigenvalue weighted by Gasteiger charge is 2.43. The molecule has 5 aromatic rings. The molecule has 2 aliphatic heterocycles. The minimum Gasteiger partial charge on any atom is -0.353 e. The van der Waals surface area contributed by atoms with Gasteiger partial charge in [0.25, 0.3) is 5.91 Å². The topological polar surface area (TPSA) is 75.9 Å². The van der Waals surface area contributed by atoms with Gasteiger partial charge in [0.15, 0.2) is 6.10 Å². The maximum atomic E-state index is 14.9. The van der Waals surface area contributed by atoms with Crippen LogP contribution in [-0.4, -0.2) is 42.3 Å². The number of anilines is 1. The van der Waals surface area contributed by atoms with Crippen molar-refractivity contribution in [1.29, 1.82) is 0 Å². The van der Waals surface area contributed by atoms with Gasteiger partial charge < -0.3 is 20.2 Å². The molecule has 0 spiro atoms. The lowest BCUT2D eigenvalue weighted by molar-refractivity contribution is -0.142. The number of halogens is 1. The van der Waals surface area contributed by atoms with E-state index in [4.69, 9.17) is 22.1 Å². The highest BCUT2D eigenvalue weighted by molar-refractivity contribution is 6.30. The molecule has 0 saturated carbocycles. The summed E-state index contributed by atoms with van der Waals surface area (Å²) in [5, 5.41) is 0.537. The number of carbonyl (C=O) groups is 2. The Balaban J connectivity index is 1.26. The first-order valence-corrected chi connectivity index (χ1v) is 17.3. The van der Waals surface area contributed by atoms with E-state index in [0.29, 0.717) is 42.8 Å². The van der Waals surface area contributed by atoms with Crippen LogP contribution >= 0.6 is 11.6 Å². The van der Waals surface area contributed by atoms with Crippen molar-refractivity contribution in [3.05, 3.63) is 160 Å². The molecule has 7 rings (SSSR count). The lowest BCUT2D eigenvalue weighted by atomic mass is 9.88. The van der Waals surface area contributed by atoms with E-state index in [9.17, 15) is 9.59 Å². The van der Waals surface area contributed by atoms with Crippen molar-refractivity contribution in [2.45, 2.75) is 50.1 Å². The Morgan fingerprint density at radius 2 is 1.45 bits per heavy atom. The number of piperidine rings is 1. The lowest BCUT2D eigenvalue weighted by Crippen LogP contribution is -2.55. The normalized spacial score (nSPS) is 19.2. The van der Waals surface area contributed by atoms with Crippen molar-refractivity contribution in [2.24, 2.45) is 5.73 Å². The number of likely N-dealkylation sites (tertiary alicyclic amines) is 1. The summed E-state index contributed by atoms with van der Waals surface area (Å²) in [6.45, 7) is 2.04. The summed E-state index contributed by atoms with van der Waals surface area (Å²) in [5.74, 6) is 0.152. The van der Waals surface area contributed by atoms with E-state index in [1.165, 1.54) is 5.56 Å². The van der Waals surface area contributed by atoms with Crippen LogP contribution in [0.3, 0.4) is 0 Å². The molecule has 49 heavy (non-hydrogen) atoms. The molecule has 0 aromatic heterocycles. The first-order valence-electron chi connectivity index (χ1n) is 17.0. The Hall–Kier alpha value is -4.59. The van der Waals surface area contributed by atoms with E-state index in [0.717, 1.165) is 52.5 Å². The maximum Gasteiger partial charge on any atom is 0.258 e. The van der Waals surface area contributed by atoms with Crippen LogP contribution in [0.1, 0.15) is 52.7 Å². The first-order chi connectivity index (χ1) is 24.0. The van der Waals surface area contributed by atoms with Gasteiger partial charge in [0.05, 0.1) is 12.2 Å². The van der Waals surface area contributed by atoms with E-state index in [1.807, 2.05) is 60.7 Å². The number of rotatable bonds is 9. The number of fused-ring (bicyclic) bond motifs is 1. The average molecular weight is 670 g/mol. The van der Waals surface area contributed by atoms with Crippen LogP contribution in [0.25, 0.3) is 11.1 Å². The molecule has 0 aliphatic carbocycles. The van der Waals surface area contributed by atoms with Crippen molar-refractivity contribution in [3.63, 3.8) is 0 Å². The third-order valence-electron chi connectivity index (χ3n) is 9.92. The fourth-order valence-corrected chi connectivity index (χ4v) is 7.46. The number of nitrogens with zero attached hydrogens (tertiary/aromatic N) is 2. The summed E-state index contributed by atoms with van der Waals surface area (Å²) in [6, 6.07) is 41.7. The molecule has 0 bridgehead atoms. The molecular formula is C42H40ClN3O3. The summed E-state index contributed by atoms with van der Waals surface area (Å²) >= 11 is 6.63. The van der Waals surface area contributed by atoms with E-state index < -0.39 is 18.2 Å². The smallest absolute Gasteiger partial charge is 0.258 e. The number of nitrogens with two attached hydrogens (primary N) is 1. The van der Waals surface area contributed by atoms with Crippen LogP contribution in [0, 0.1) is 0 Å². The van der Waals surface area contributed by atoms with Crippen LogP contribution in [0.2, 0.25) is 5.02 Å². The maximum absolute atomic E-state index is 14.9. The van der Waals surface area contributed by atoms with Crippen molar-refractivity contribution < 1.29 is 14.3 Å². The van der Waals surface area contributed by atoms with E-state index in [1.54, 1.807) is 11.0 Å². The van der Waals surface area contributed by atoms with Crippen molar-refractivity contribution in [2.75, 3.05) is 18.0 Å². The summed E-state index contributed by atoms with van der Waals surface area (Å²) in [6.07, 6.45) is 0.986. The number of aldehydes is 1. The summed E-state index contributed by atoms with van der Waals surface area (Å²) in [5.41, 5.74) is 13.8. The summed E-state index contributed by atoms with van der Waals surface area (Å²) < 4.78 is 6.89. The third-order valence-corrected chi connectivity index (χ3v) is 10.2. The molecule has 2 heterocycles. The lowest BCUT2D eigenvalue weighted by Gasteiger charge is -2.39. The van der Waals surface area contributed by atoms with Gasteiger partial charge in [0.1, 0.15) is 18.4 Å². The quantitative estimate of drug-likeness (QED) is 0.161. The molecule has 3 atom stereocenters. The molecule has 6 nitrogen and oxygen atoms in total. The molecule has 1 amide bonds. The standard InChI is InChI=1S/C42H40ClN3O3/c43-36-18-19-38-37(25-36)40(35-13-7-8-30(24-35)26-44)49-41(39(28-47)45-22-20-34(21-23-45)32-11-5-2-6-12-32)42(48)46(38)27-29-14-16-33(17-15-29)31-9-3-1-4-10-31/h1-19,24-25,28,34,39-41H,20-23,26-27,44H2. The second-order valence-electron chi connectivity index (χ2n) is 12.9. The Kier molecular flexibility index (Phi) is 10.0. The predicted octanol–water partition coefficient (Wildman–Crippen LogP) is 7.93. The number of benzene rings is 5. The van der Waals surface area contributed by atoms with Gasteiger partial charge in [-0.25, -0.2) is 0 Å². The summed E-state index contributed by atoms with van der Waals surface area (Å²) in [7, 11) is 0. The van der Waals surface area contributed by atoms with Gasteiger partial charge in [-0.05, 0) is 83.4 Å². The van der Waals surface area contributed by atoms with Crippen LogP contribution in [0.5, 0.6) is 0 Å². The first kappa shape index (κ1) is 32.9.